The number of carboxylic acids is 1. The van der Waals surface area contributed by atoms with Gasteiger partial charge in [-0.15, -0.1) is 0 Å². The predicted molar refractivity (Wildman–Crippen MR) is 139 cm³/mol. The molecule has 3 N–H and O–H groups in total. The Morgan fingerprint density at radius 2 is 1.74 bits per heavy atom. The van der Waals surface area contributed by atoms with Gasteiger partial charge in [-0.1, -0.05) is 37.3 Å². The molecule has 0 spiro atoms. The number of likely N-dealkylation sites (N-methyl/N-ethyl adjacent to an activating group) is 1. The number of halogens is 3. The first-order chi connectivity index (χ1) is 17.5. The molecule has 0 saturated carbocycles. The molecule has 7 nitrogen and oxygen atoms in total. The van der Waals surface area contributed by atoms with Crippen LogP contribution in [-0.4, -0.2) is 60.7 Å². The van der Waals surface area contributed by atoms with E-state index in [4.69, 9.17) is 5.11 Å². The summed E-state index contributed by atoms with van der Waals surface area (Å²) in [5, 5.41) is 22.8. The zero-order valence-electron chi connectivity index (χ0n) is 22.1. The van der Waals surface area contributed by atoms with E-state index in [2.05, 4.69) is 17.4 Å². The standard InChI is InChI=1S/C27H37F3N2O5S/c1-19(13-25(34)35)21-14-22(27(28,29)30)16-24(15-21)38(36,37)32(4)18-23(33)17-31-26(2,3)12-8-11-20-9-6-5-7-10-20/h5-7,9-10,14-16,19,23,31,33H,8,11-13,17-18H2,1-4H3,(H,34,35)/t19-,23?/m1/s1. The Morgan fingerprint density at radius 3 is 2.32 bits per heavy atom. The van der Waals surface area contributed by atoms with Gasteiger partial charge >= 0.3 is 12.1 Å². The summed E-state index contributed by atoms with van der Waals surface area (Å²) in [6.45, 7) is 5.12. The van der Waals surface area contributed by atoms with Gasteiger partial charge < -0.3 is 15.5 Å². The fourth-order valence-electron chi connectivity index (χ4n) is 4.10. The van der Waals surface area contributed by atoms with Gasteiger partial charge in [0, 0.05) is 25.7 Å². The van der Waals surface area contributed by atoms with Crippen LogP contribution in [0.2, 0.25) is 0 Å². The number of rotatable bonds is 14. The average Bonchev–Trinajstić information content (AvgIpc) is 2.82. The van der Waals surface area contributed by atoms with Crippen molar-refractivity contribution >= 4 is 16.0 Å². The van der Waals surface area contributed by atoms with E-state index in [-0.39, 0.29) is 24.2 Å². The first-order valence-corrected chi connectivity index (χ1v) is 13.8. The van der Waals surface area contributed by atoms with E-state index < -0.39 is 51.1 Å². The number of sulfonamides is 1. The normalized spacial score (nSPS) is 14.4. The van der Waals surface area contributed by atoms with Crippen LogP contribution in [0.4, 0.5) is 13.2 Å². The van der Waals surface area contributed by atoms with Crippen molar-refractivity contribution in [2.75, 3.05) is 20.1 Å². The maximum Gasteiger partial charge on any atom is 0.416 e. The van der Waals surface area contributed by atoms with Crippen molar-refractivity contribution in [3.8, 4) is 0 Å². The van der Waals surface area contributed by atoms with Gasteiger partial charge in [-0.3, -0.25) is 4.79 Å². The quantitative estimate of drug-likeness (QED) is 0.312. The number of aryl methyl sites for hydroxylation is 1. The van der Waals surface area contributed by atoms with E-state index in [1.807, 2.05) is 32.0 Å². The van der Waals surface area contributed by atoms with Crippen LogP contribution in [0.1, 0.15) is 62.6 Å². The number of β-amino-alcohol motifs (C(OH)–C–C–N with tert-alkyl or cyclic N) is 1. The lowest BCUT2D eigenvalue weighted by molar-refractivity contribution is -0.138. The number of nitrogens with one attached hydrogen (secondary N) is 1. The van der Waals surface area contributed by atoms with Crippen LogP contribution >= 0.6 is 0 Å². The molecule has 0 saturated heterocycles. The van der Waals surface area contributed by atoms with Gasteiger partial charge in [-0.05, 0) is 68.4 Å². The molecule has 1 unspecified atom stereocenters. The van der Waals surface area contributed by atoms with E-state index in [0.717, 1.165) is 35.7 Å². The highest BCUT2D eigenvalue weighted by Gasteiger charge is 2.34. The van der Waals surface area contributed by atoms with E-state index in [9.17, 15) is 31.5 Å². The Hall–Kier alpha value is -2.47. The maximum atomic E-state index is 13.5. The molecule has 0 aliphatic heterocycles. The van der Waals surface area contributed by atoms with Crippen LogP contribution in [0.25, 0.3) is 0 Å². The van der Waals surface area contributed by atoms with E-state index >= 15 is 0 Å². The Balaban J connectivity index is 2.06. The molecule has 0 aliphatic carbocycles. The summed E-state index contributed by atoms with van der Waals surface area (Å²) >= 11 is 0. The summed E-state index contributed by atoms with van der Waals surface area (Å²) in [7, 11) is -3.22. The number of benzene rings is 2. The molecular weight excluding hydrogens is 521 g/mol. The molecule has 2 atom stereocenters. The molecule has 212 valence electrons. The van der Waals surface area contributed by atoms with Crippen LogP contribution in [0.3, 0.4) is 0 Å². The number of hydrogen-bond acceptors (Lipinski definition) is 5. The monoisotopic (exact) mass is 558 g/mol. The SMILES string of the molecule is C[C@H](CC(=O)O)c1cc(C(F)(F)F)cc(S(=O)(=O)N(C)CC(O)CNC(C)(C)CCCc2ccccc2)c1. The first kappa shape index (κ1) is 31.7. The van der Waals surface area contributed by atoms with E-state index in [1.54, 1.807) is 0 Å². The molecule has 0 radical (unpaired) electrons. The van der Waals surface area contributed by atoms with Crippen LogP contribution in [-0.2, 0) is 27.4 Å². The average molecular weight is 559 g/mol. The molecule has 0 aliphatic rings. The summed E-state index contributed by atoms with van der Waals surface area (Å²) in [6.07, 6.45) is -3.77. The number of aliphatic hydroxyl groups is 1. The second-order valence-corrected chi connectivity index (χ2v) is 12.4. The minimum atomic E-state index is -4.82. The van der Waals surface area contributed by atoms with Crippen molar-refractivity contribution in [2.24, 2.45) is 0 Å². The van der Waals surface area contributed by atoms with Crippen LogP contribution in [0.5, 0.6) is 0 Å². The smallest absolute Gasteiger partial charge is 0.416 e. The lowest BCUT2D eigenvalue weighted by Gasteiger charge is -2.29. The number of aliphatic hydroxyl groups excluding tert-OH is 1. The summed E-state index contributed by atoms with van der Waals surface area (Å²) in [4.78, 5) is 10.4. The molecule has 38 heavy (non-hydrogen) atoms. The minimum absolute atomic E-state index is 0.0475. The minimum Gasteiger partial charge on any atom is -0.481 e. The second kappa shape index (κ2) is 13.1. The molecule has 2 rings (SSSR count). The zero-order chi connectivity index (χ0) is 28.7. The predicted octanol–water partition coefficient (Wildman–Crippen LogP) is 4.66. The number of alkyl halides is 3. The zero-order valence-corrected chi connectivity index (χ0v) is 22.9. The lowest BCUT2D eigenvalue weighted by atomic mass is 9.95. The molecule has 0 heterocycles. The van der Waals surface area contributed by atoms with Gasteiger partial charge in [-0.25, -0.2) is 8.42 Å². The Kier molecular flexibility index (Phi) is 10.9. The third-order valence-electron chi connectivity index (χ3n) is 6.41. The number of nitrogens with zero attached hydrogens (tertiary/aromatic N) is 1. The van der Waals surface area contributed by atoms with Gasteiger partial charge in [0.25, 0.3) is 0 Å². The van der Waals surface area contributed by atoms with Crippen molar-refractivity contribution < 1.29 is 36.6 Å². The molecule has 0 bridgehead atoms. The fraction of sp³-hybridized carbons (Fsp3) is 0.519. The van der Waals surface area contributed by atoms with Crippen LogP contribution in [0, 0.1) is 0 Å². The van der Waals surface area contributed by atoms with Gasteiger partial charge in [0.1, 0.15) is 0 Å². The molecule has 0 amide bonds. The van der Waals surface area contributed by atoms with Gasteiger partial charge in [0.15, 0.2) is 0 Å². The number of carboxylic acid groups (broad SMARTS) is 1. The van der Waals surface area contributed by atoms with Gasteiger partial charge in [0.2, 0.25) is 10.0 Å². The van der Waals surface area contributed by atoms with Gasteiger partial charge in [0.05, 0.1) is 23.0 Å². The number of carbonyl (C=O) groups is 1. The van der Waals surface area contributed by atoms with Crippen molar-refractivity contribution in [3.05, 3.63) is 65.2 Å². The van der Waals surface area contributed by atoms with Crippen LogP contribution in [0.15, 0.2) is 53.4 Å². The molecule has 2 aromatic rings. The second-order valence-electron chi connectivity index (χ2n) is 10.3. The topological polar surface area (TPSA) is 107 Å². The number of aliphatic carboxylic acids is 1. The third-order valence-corrected chi connectivity index (χ3v) is 8.21. The summed E-state index contributed by atoms with van der Waals surface area (Å²) in [6, 6.07) is 12.4. The molecule has 0 fully saturated rings. The highest BCUT2D eigenvalue weighted by Crippen LogP contribution is 2.34. The number of hydrogen-bond donors (Lipinski definition) is 3. The lowest BCUT2D eigenvalue weighted by Crippen LogP contribution is -2.46. The molecule has 11 heteroatoms. The summed E-state index contributed by atoms with van der Waals surface area (Å²) < 4.78 is 67.6. The Labute approximate surface area is 222 Å². The molecule has 0 aromatic heterocycles. The molecule has 2 aromatic carbocycles. The van der Waals surface area contributed by atoms with Crippen molar-refractivity contribution in [2.45, 2.75) is 75.1 Å². The summed E-state index contributed by atoms with van der Waals surface area (Å²) in [5.41, 5.74) is -0.332. The van der Waals surface area contributed by atoms with E-state index in [0.29, 0.717) is 6.07 Å². The van der Waals surface area contributed by atoms with Crippen molar-refractivity contribution in [3.63, 3.8) is 0 Å². The van der Waals surface area contributed by atoms with Crippen LogP contribution < -0.4 is 5.32 Å². The highest BCUT2D eigenvalue weighted by molar-refractivity contribution is 7.89. The van der Waals surface area contributed by atoms with Crippen molar-refractivity contribution in [1.82, 2.24) is 9.62 Å². The van der Waals surface area contributed by atoms with Gasteiger partial charge in [-0.2, -0.15) is 17.5 Å². The Bertz CT molecular complexity index is 1170. The first-order valence-electron chi connectivity index (χ1n) is 12.4. The largest absolute Gasteiger partial charge is 0.481 e. The maximum absolute atomic E-state index is 13.5. The Morgan fingerprint density at radius 1 is 1.11 bits per heavy atom. The molecular formula is C27H37F3N2O5S. The van der Waals surface area contributed by atoms with E-state index in [1.165, 1.54) is 19.5 Å². The third kappa shape index (κ3) is 9.68. The highest BCUT2D eigenvalue weighted by atomic mass is 32.2. The van der Waals surface area contributed by atoms with Crippen molar-refractivity contribution in [1.29, 1.82) is 0 Å². The fourth-order valence-corrected chi connectivity index (χ4v) is 5.39. The summed E-state index contributed by atoms with van der Waals surface area (Å²) in [5.74, 6) is -2.05.